The van der Waals surface area contributed by atoms with Gasteiger partial charge in [-0.3, -0.25) is 0 Å². The number of fused-ring (bicyclic) bond motifs is 1. The zero-order chi connectivity index (χ0) is 12.7. The number of hydrogen-bond donors (Lipinski definition) is 0. The lowest BCUT2D eigenvalue weighted by Gasteiger charge is -2.29. The summed E-state index contributed by atoms with van der Waals surface area (Å²) in [5.74, 6) is 1.28. The number of aromatic nitrogens is 2. The Morgan fingerprint density at radius 1 is 1.44 bits per heavy atom. The van der Waals surface area contributed by atoms with Crippen LogP contribution >= 0.6 is 27.5 Å². The third kappa shape index (κ3) is 1.95. The van der Waals surface area contributed by atoms with Crippen LogP contribution in [0.25, 0.3) is 11.0 Å². The summed E-state index contributed by atoms with van der Waals surface area (Å²) in [6.07, 6.45) is 4.27. The Kier molecular flexibility index (Phi) is 3.32. The first-order chi connectivity index (χ1) is 8.70. The molecule has 0 bridgehead atoms. The Morgan fingerprint density at radius 2 is 2.22 bits per heavy atom. The lowest BCUT2D eigenvalue weighted by atomic mass is 9.92. The van der Waals surface area contributed by atoms with Gasteiger partial charge in [-0.1, -0.05) is 0 Å². The van der Waals surface area contributed by atoms with Crippen molar-refractivity contribution in [2.45, 2.75) is 31.7 Å². The Hall–Kier alpha value is -0.610. The monoisotopic (exact) mass is 330 g/mol. The Balaban J connectivity index is 2.20. The van der Waals surface area contributed by atoms with Crippen molar-refractivity contribution in [1.82, 2.24) is 9.55 Å². The van der Waals surface area contributed by atoms with Gasteiger partial charge in [0.2, 0.25) is 0 Å². The second-order valence-corrected chi connectivity index (χ2v) is 5.91. The number of hydrogen-bond acceptors (Lipinski definition) is 1. The Labute approximate surface area is 118 Å². The number of halogens is 3. The molecule has 1 aliphatic carbocycles. The highest BCUT2D eigenvalue weighted by Gasteiger charge is 2.24. The van der Waals surface area contributed by atoms with E-state index in [0.29, 0.717) is 16.4 Å². The largest absolute Gasteiger partial charge is 0.325 e. The molecule has 0 saturated heterocycles. The molecule has 1 aromatic heterocycles. The molecule has 3 rings (SSSR count). The van der Waals surface area contributed by atoms with Crippen LogP contribution in [-0.2, 0) is 6.42 Å². The van der Waals surface area contributed by atoms with Gasteiger partial charge in [0, 0.05) is 24.4 Å². The first-order valence-corrected chi connectivity index (χ1v) is 7.45. The molecule has 5 heteroatoms. The maximum atomic E-state index is 13.7. The number of benzene rings is 1. The second kappa shape index (κ2) is 4.82. The van der Waals surface area contributed by atoms with Crippen LogP contribution in [0, 0.1) is 5.82 Å². The van der Waals surface area contributed by atoms with Crippen molar-refractivity contribution in [2.75, 3.05) is 5.88 Å². The first kappa shape index (κ1) is 12.4. The molecule has 0 radical (unpaired) electrons. The van der Waals surface area contributed by atoms with E-state index in [-0.39, 0.29) is 5.82 Å². The minimum atomic E-state index is -0.236. The summed E-state index contributed by atoms with van der Waals surface area (Å²) in [5, 5.41) is 0. The maximum Gasteiger partial charge on any atom is 0.139 e. The highest BCUT2D eigenvalue weighted by molar-refractivity contribution is 9.10. The first-order valence-electron chi connectivity index (χ1n) is 6.12. The molecular formula is C13H13BrClFN2. The average molecular weight is 332 g/mol. The standard InChI is InChI=1S/C13H13BrClFN2/c14-9-6-11-12(7-10(9)16)18(8-2-1-3-8)13(17-11)4-5-15/h6-8H,1-5H2. The molecule has 96 valence electrons. The number of aryl methyl sites for hydroxylation is 1. The molecule has 1 saturated carbocycles. The average Bonchev–Trinajstić information content (AvgIpc) is 2.57. The van der Waals surface area contributed by atoms with Crippen molar-refractivity contribution in [3.05, 3.63) is 28.2 Å². The quantitative estimate of drug-likeness (QED) is 0.760. The fourth-order valence-electron chi connectivity index (χ4n) is 2.45. The van der Waals surface area contributed by atoms with Crippen LogP contribution in [-0.4, -0.2) is 15.4 Å². The molecule has 0 atom stereocenters. The van der Waals surface area contributed by atoms with E-state index < -0.39 is 0 Å². The van der Waals surface area contributed by atoms with E-state index >= 15 is 0 Å². The number of rotatable bonds is 3. The predicted octanol–water partition coefficient (Wildman–Crippen LogP) is 4.44. The van der Waals surface area contributed by atoms with Gasteiger partial charge in [-0.2, -0.15) is 0 Å². The topological polar surface area (TPSA) is 17.8 Å². The number of nitrogens with zero attached hydrogens (tertiary/aromatic N) is 2. The molecule has 18 heavy (non-hydrogen) atoms. The van der Waals surface area contributed by atoms with Crippen LogP contribution in [0.4, 0.5) is 4.39 Å². The zero-order valence-corrected chi connectivity index (χ0v) is 12.1. The Bertz CT molecular complexity index is 592. The number of alkyl halides is 1. The summed E-state index contributed by atoms with van der Waals surface area (Å²) >= 11 is 9.03. The van der Waals surface area contributed by atoms with Gasteiger partial charge < -0.3 is 4.57 Å². The summed E-state index contributed by atoms with van der Waals surface area (Å²) < 4.78 is 16.3. The zero-order valence-electron chi connectivity index (χ0n) is 9.80. The van der Waals surface area contributed by atoms with Gasteiger partial charge in [0.1, 0.15) is 11.6 Å². The highest BCUT2D eigenvalue weighted by Crippen LogP contribution is 2.36. The fraction of sp³-hybridized carbons (Fsp3) is 0.462. The summed E-state index contributed by atoms with van der Waals surface area (Å²) in [5.41, 5.74) is 1.73. The molecule has 1 heterocycles. The smallest absolute Gasteiger partial charge is 0.139 e. The van der Waals surface area contributed by atoms with Crippen LogP contribution < -0.4 is 0 Å². The van der Waals surface area contributed by atoms with Crippen LogP contribution in [0.5, 0.6) is 0 Å². The highest BCUT2D eigenvalue weighted by atomic mass is 79.9. The van der Waals surface area contributed by atoms with E-state index in [9.17, 15) is 4.39 Å². The summed E-state index contributed by atoms with van der Waals surface area (Å²) in [4.78, 5) is 4.59. The maximum absolute atomic E-state index is 13.7. The minimum Gasteiger partial charge on any atom is -0.325 e. The summed E-state index contributed by atoms with van der Waals surface area (Å²) in [7, 11) is 0. The van der Waals surface area contributed by atoms with Gasteiger partial charge in [-0.15, -0.1) is 11.6 Å². The minimum absolute atomic E-state index is 0.236. The molecule has 1 aromatic carbocycles. The van der Waals surface area contributed by atoms with Crippen molar-refractivity contribution in [3.8, 4) is 0 Å². The van der Waals surface area contributed by atoms with E-state index in [1.807, 2.05) is 0 Å². The molecule has 1 fully saturated rings. The van der Waals surface area contributed by atoms with E-state index in [4.69, 9.17) is 11.6 Å². The SMILES string of the molecule is Fc1cc2c(cc1Br)nc(CCCl)n2C1CCC1. The van der Waals surface area contributed by atoms with Crippen LogP contribution in [0.3, 0.4) is 0 Å². The van der Waals surface area contributed by atoms with Crippen LogP contribution in [0.15, 0.2) is 16.6 Å². The number of imidazole rings is 1. The van der Waals surface area contributed by atoms with Crippen molar-refractivity contribution in [3.63, 3.8) is 0 Å². The normalized spacial score (nSPS) is 16.2. The molecule has 1 aliphatic rings. The lowest BCUT2D eigenvalue weighted by molar-refractivity contribution is 0.313. The third-order valence-corrected chi connectivity index (χ3v) is 4.36. The Morgan fingerprint density at radius 3 is 2.83 bits per heavy atom. The molecule has 0 unspecified atom stereocenters. The molecule has 2 aromatic rings. The van der Waals surface area contributed by atoms with E-state index in [0.717, 1.165) is 36.1 Å². The molecular weight excluding hydrogens is 319 g/mol. The van der Waals surface area contributed by atoms with E-state index in [2.05, 4.69) is 25.5 Å². The second-order valence-electron chi connectivity index (χ2n) is 4.68. The molecule has 0 amide bonds. The van der Waals surface area contributed by atoms with Crippen LogP contribution in [0.2, 0.25) is 0 Å². The van der Waals surface area contributed by atoms with Crippen molar-refractivity contribution in [1.29, 1.82) is 0 Å². The van der Waals surface area contributed by atoms with Gasteiger partial charge >= 0.3 is 0 Å². The summed E-state index contributed by atoms with van der Waals surface area (Å²) in [6.45, 7) is 0. The van der Waals surface area contributed by atoms with E-state index in [1.165, 1.54) is 6.42 Å². The van der Waals surface area contributed by atoms with Crippen molar-refractivity contribution >= 4 is 38.6 Å². The van der Waals surface area contributed by atoms with Gasteiger partial charge in [0.25, 0.3) is 0 Å². The fourth-order valence-corrected chi connectivity index (χ4v) is 2.95. The predicted molar refractivity (Wildman–Crippen MR) is 74.7 cm³/mol. The lowest BCUT2D eigenvalue weighted by Crippen LogP contribution is -2.19. The summed E-state index contributed by atoms with van der Waals surface area (Å²) in [6, 6.07) is 3.79. The van der Waals surface area contributed by atoms with Gasteiger partial charge in [0.15, 0.2) is 0 Å². The molecule has 2 nitrogen and oxygen atoms in total. The van der Waals surface area contributed by atoms with Crippen molar-refractivity contribution < 1.29 is 4.39 Å². The molecule has 0 spiro atoms. The van der Waals surface area contributed by atoms with Crippen LogP contribution in [0.1, 0.15) is 31.1 Å². The van der Waals surface area contributed by atoms with Gasteiger partial charge in [-0.25, -0.2) is 9.37 Å². The van der Waals surface area contributed by atoms with Gasteiger partial charge in [0.05, 0.1) is 15.5 Å². The van der Waals surface area contributed by atoms with Gasteiger partial charge in [-0.05, 0) is 41.3 Å². The van der Waals surface area contributed by atoms with Crippen molar-refractivity contribution in [2.24, 2.45) is 0 Å². The van der Waals surface area contributed by atoms with E-state index in [1.54, 1.807) is 12.1 Å². The third-order valence-electron chi connectivity index (χ3n) is 3.56. The molecule has 0 N–H and O–H groups in total. The molecule has 0 aliphatic heterocycles.